The fourth-order valence-electron chi connectivity index (χ4n) is 2.41. The van der Waals surface area contributed by atoms with Crippen molar-refractivity contribution in [3.63, 3.8) is 0 Å². The third-order valence-corrected chi connectivity index (χ3v) is 4.72. The molecule has 2 unspecified atom stereocenters. The van der Waals surface area contributed by atoms with Crippen LogP contribution in [0.2, 0.25) is 0 Å². The SMILES string of the molecule is CCc1nnc(NC(=O)NC2CCCC2(C)CO)s1. The number of aryl methyl sites for hydroxylation is 1. The Kier molecular flexibility index (Phi) is 4.36. The fourth-order valence-corrected chi connectivity index (χ4v) is 3.08. The lowest BCUT2D eigenvalue weighted by atomic mass is 9.86. The zero-order valence-electron chi connectivity index (χ0n) is 11.3. The van der Waals surface area contributed by atoms with Crippen LogP contribution in [0.15, 0.2) is 0 Å². The third-order valence-electron chi connectivity index (χ3n) is 3.74. The van der Waals surface area contributed by atoms with Gasteiger partial charge in [0.25, 0.3) is 0 Å². The van der Waals surface area contributed by atoms with Crippen LogP contribution in [0.4, 0.5) is 9.93 Å². The van der Waals surface area contributed by atoms with Gasteiger partial charge in [-0.1, -0.05) is 31.6 Å². The molecule has 0 aromatic carbocycles. The summed E-state index contributed by atoms with van der Waals surface area (Å²) >= 11 is 1.38. The van der Waals surface area contributed by atoms with Crippen LogP contribution in [0, 0.1) is 5.41 Å². The van der Waals surface area contributed by atoms with Crippen molar-refractivity contribution in [1.82, 2.24) is 15.5 Å². The molecular formula is C12H20N4O2S. The van der Waals surface area contributed by atoms with E-state index in [1.165, 1.54) is 11.3 Å². The molecule has 3 N–H and O–H groups in total. The van der Waals surface area contributed by atoms with Crippen molar-refractivity contribution in [2.75, 3.05) is 11.9 Å². The normalized spacial score (nSPS) is 26.4. The van der Waals surface area contributed by atoms with Crippen LogP contribution in [0.3, 0.4) is 0 Å². The Morgan fingerprint density at radius 3 is 3.00 bits per heavy atom. The minimum absolute atomic E-state index is 0.0102. The van der Waals surface area contributed by atoms with Crippen molar-refractivity contribution in [3.8, 4) is 0 Å². The second-order valence-electron chi connectivity index (χ2n) is 5.21. The standard InChI is InChI=1S/C12H20N4O2S/c1-3-9-15-16-11(19-9)14-10(18)13-8-5-4-6-12(8,2)7-17/h8,17H,3-7H2,1-2H3,(H2,13,14,16,18). The maximum absolute atomic E-state index is 11.9. The Morgan fingerprint density at radius 2 is 2.37 bits per heavy atom. The number of hydrogen-bond acceptors (Lipinski definition) is 5. The van der Waals surface area contributed by atoms with Gasteiger partial charge in [0.2, 0.25) is 5.13 Å². The molecule has 2 amide bonds. The molecule has 1 aromatic heterocycles. The summed E-state index contributed by atoms with van der Waals surface area (Å²) in [5, 5.41) is 24.3. The van der Waals surface area contributed by atoms with E-state index in [4.69, 9.17) is 0 Å². The molecule has 2 rings (SSSR count). The fraction of sp³-hybridized carbons (Fsp3) is 0.750. The lowest BCUT2D eigenvalue weighted by molar-refractivity contribution is 0.122. The molecule has 0 radical (unpaired) electrons. The smallest absolute Gasteiger partial charge is 0.321 e. The zero-order chi connectivity index (χ0) is 13.9. The van der Waals surface area contributed by atoms with E-state index in [9.17, 15) is 9.90 Å². The van der Waals surface area contributed by atoms with E-state index < -0.39 is 0 Å². The summed E-state index contributed by atoms with van der Waals surface area (Å²) in [5.74, 6) is 0. The first-order chi connectivity index (χ1) is 9.07. The molecular weight excluding hydrogens is 264 g/mol. The Bertz CT molecular complexity index is 451. The number of carbonyl (C=O) groups excluding carboxylic acids is 1. The number of amides is 2. The number of aliphatic hydroxyl groups excluding tert-OH is 1. The molecule has 0 aliphatic heterocycles. The molecule has 7 heteroatoms. The van der Waals surface area contributed by atoms with Crippen LogP contribution in [0.1, 0.15) is 38.1 Å². The van der Waals surface area contributed by atoms with Gasteiger partial charge in [-0.15, -0.1) is 10.2 Å². The number of nitrogens with zero attached hydrogens (tertiary/aromatic N) is 2. The Labute approximate surface area is 116 Å². The molecule has 1 aliphatic rings. The molecule has 2 atom stereocenters. The molecule has 0 spiro atoms. The largest absolute Gasteiger partial charge is 0.396 e. The second-order valence-corrected chi connectivity index (χ2v) is 6.27. The summed E-state index contributed by atoms with van der Waals surface area (Å²) in [6.07, 6.45) is 3.68. The Morgan fingerprint density at radius 1 is 1.58 bits per heavy atom. The molecule has 19 heavy (non-hydrogen) atoms. The maximum atomic E-state index is 11.9. The summed E-state index contributed by atoms with van der Waals surface area (Å²) < 4.78 is 0. The number of nitrogens with one attached hydrogen (secondary N) is 2. The molecule has 0 bridgehead atoms. The van der Waals surface area contributed by atoms with Gasteiger partial charge in [-0.05, 0) is 19.3 Å². The van der Waals surface area contributed by atoms with E-state index in [1.807, 2.05) is 13.8 Å². The van der Waals surface area contributed by atoms with Gasteiger partial charge in [0.1, 0.15) is 5.01 Å². The molecule has 1 heterocycles. The molecule has 0 saturated heterocycles. The molecule has 6 nitrogen and oxygen atoms in total. The van der Waals surface area contributed by atoms with E-state index in [2.05, 4.69) is 20.8 Å². The minimum Gasteiger partial charge on any atom is -0.396 e. The summed E-state index contributed by atoms with van der Waals surface area (Å²) in [7, 11) is 0. The van der Waals surface area contributed by atoms with Gasteiger partial charge in [0.15, 0.2) is 0 Å². The average Bonchev–Trinajstić information content (AvgIpc) is 2.98. The van der Waals surface area contributed by atoms with Crippen LogP contribution in [0.5, 0.6) is 0 Å². The van der Waals surface area contributed by atoms with E-state index >= 15 is 0 Å². The number of aromatic nitrogens is 2. The van der Waals surface area contributed by atoms with Crippen LogP contribution < -0.4 is 10.6 Å². The Balaban J connectivity index is 1.90. The number of urea groups is 1. The van der Waals surface area contributed by atoms with Gasteiger partial charge in [0, 0.05) is 11.5 Å². The summed E-state index contributed by atoms with van der Waals surface area (Å²) in [4.78, 5) is 11.9. The highest BCUT2D eigenvalue weighted by Crippen LogP contribution is 2.37. The van der Waals surface area contributed by atoms with Crippen LogP contribution >= 0.6 is 11.3 Å². The van der Waals surface area contributed by atoms with E-state index in [0.717, 1.165) is 30.7 Å². The number of rotatable bonds is 4. The van der Waals surface area contributed by atoms with Crippen LogP contribution in [0.25, 0.3) is 0 Å². The van der Waals surface area contributed by atoms with Gasteiger partial charge in [-0.3, -0.25) is 5.32 Å². The van der Waals surface area contributed by atoms with Gasteiger partial charge < -0.3 is 10.4 Å². The van der Waals surface area contributed by atoms with Gasteiger partial charge in [-0.25, -0.2) is 4.79 Å². The molecule has 1 fully saturated rings. The first-order valence-corrected chi connectivity index (χ1v) is 7.40. The second kappa shape index (κ2) is 5.83. The minimum atomic E-state index is -0.273. The van der Waals surface area contributed by atoms with E-state index in [-0.39, 0.29) is 24.1 Å². The van der Waals surface area contributed by atoms with Crippen molar-refractivity contribution in [3.05, 3.63) is 5.01 Å². The first-order valence-electron chi connectivity index (χ1n) is 6.58. The predicted octanol–water partition coefficient (Wildman–Crippen LogP) is 1.77. The van der Waals surface area contributed by atoms with Crippen LogP contribution in [-0.2, 0) is 6.42 Å². The molecule has 1 saturated carbocycles. The van der Waals surface area contributed by atoms with Crippen molar-refractivity contribution < 1.29 is 9.90 Å². The third kappa shape index (κ3) is 3.22. The van der Waals surface area contributed by atoms with Gasteiger partial charge in [0.05, 0.1) is 6.61 Å². The number of anilines is 1. The molecule has 1 aromatic rings. The zero-order valence-corrected chi connectivity index (χ0v) is 12.1. The Hall–Kier alpha value is -1.21. The van der Waals surface area contributed by atoms with E-state index in [0.29, 0.717) is 5.13 Å². The van der Waals surface area contributed by atoms with E-state index in [1.54, 1.807) is 0 Å². The topological polar surface area (TPSA) is 87.1 Å². The predicted molar refractivity (Wildman–Crippen MR) is 74.3 cm³/mol. The van der Waals surface area contributed by atoms with Crippen molar-refractivity contribution in [1.29, 1.82) is 0 Å². The van der Waals surface area contributed by atoms with Crippen molar-refractivity contribution >= 4 is 22.5 Å². The number of aliphatic hydroxyl groups is 1. The lowest BCUT2D eigenvalue weighted by Crippen LogP contribution is -2.46. The van der Waals surface area contributed by atoms with Gasteiger partial charge in [-0.2, -0.15) is 0 Å². The number of carbonyl (C=O) groups is 1. The highest BCUT2D eigenvalue weighted by molar-refractivity contribution is 7.15. The van der Waals surface area contributed by atoms with Crippen molar-refractivity contribution in [2.24, 2.45) is 5.41 Å². The number of hydrogen-bond donors (Lipinski definition) is 3. The first kappa shape index (κ1) is 14.2. The molecule has 106 valence electrons. The molecule has 1 aliphatic carbocycles. The van der Waals surface area contributed by atoms with Crippen LogP contribution in [-0.4, -0.2) is 34.0 Å². The highest BCUT2D eigenvalue weighted by atomic mass is 32.1. The summed E-state index contributed by atoms with van der Waals surface area (Å²) in [6, 6.07) is -0.263. The average molecular weight is 284 g/mol. The quantitative estimate of drug-likeness (QED) is 0.786. The van der Waals surface area contributed by atoms with Gasteiger partial charge >= 0.3 is 6.03 Å². The van der Waals surface area contributed by atoms with Crippen molar-refractivity contribution in [2.45, 2.75) is 45.6 Å². The highest BCUT2D eigenvalue weighted by Gasteiger charge is 2.39. The monoisotopic (exact) mass is 284 g/mol. The summed E-state index contributed by atoms with van der Waals surface area (Å²) in [5.41, 5.74) is -0.215. The summed E-state index contributed by atoms with van der Waals surface area (Å²) in [6.45, 7) is 4.09. The maximum Gasteiger partial charge on any atom is 0.321 e. The lowest BCUT2D eigenvalue weighted by Gasteiger charge is -2.29.